The molecule has 1 unspecified atom stereocenters. The van der Waals surface area contributed by atoms with E-state index in [2.05, 4.69) is 20.9 Å². The molecule has 0 bridgehead atoms. The van der Waals surface area contributed by atoms with Gasteiger partial charge in [0.05, 0.1) is 19.8 Å². The van der Waals surface area contributed by atoms with Crippen LogP contribution in [0.2, 0.25) is 0 Å². The van der Waals surface area contributed by atoms with Gasteiger partial charge in [0.25, 0.3) is 0 Å². The Balaban J connectivity index is 1.29. The fourth-order valence-corrected chi connectivity index (χ4v) is 5.23. The summed E-state index contributed by atoms with van der Waals surface area (Å²) in [4.78, 5) is 0. The lowest BCUT2D eigenvalue weighted by atomic mass is 10.00. The molecule has 244 valence electrons. The first-order chi connectivity index (χ1) is 22.0. The Bertz CT molecular complexity index is 1670. The van der Waals surface area contributed by atoms with E-state index in [0.29, 0.717) is 50.2 Å². The fourth-order valence-electron chi connectivity index (χ4n) is 4.95. The molecule has 46 heavy (non-hydrogen) atoms. The van der Waals surface area contributed by atoms with Gasteiger partial charge in [-0.3, -0.25) is 0 Å². The summed E-state index contributed by atoms with van der Waals surface area (Å²) in [5, 5.41) is 0.165. The second kappa shape index (κ2) is 14.5. The minimum Gasteiger partial charge on any atom is -0.429 e. The summed E-state index contributed by atoms with van der Waals surface area (Å²) in [5.41, 5.74) is -1.76. The number of alkyl halides is 2. The molecule has 1 atom stereocenters. The third-order valence-electron chi connectivity index (χ3n) is 7.37. The summed E-state index contributed by atoms with van der Waals surface area (Å²) in [5.74, 6) is -6.50. The van der Waals surface area contributed by atoms with Crippen LogP contribution in [0.15, 0.2) is 66.7 Å². The number of unbranched alkanes of at least 4 members (excludes halogenated alkanes) is 1. The van der Waals surface area contributed by atoms with E-state index >= 15 is 22.0 Å². The highest BCUT2D eigenvalue weighted by atomic mass is 31.0. The second-order valence-corrected chi connectivity index (χ2v) is 11.5. The zero-order chi connectivity index (χ0) is 33.0. The van der Waals surface area contributed by atoms with Crippen LogP contribution < -0.4 is 10.0 Å². The van der Waals surface area contributed by atoms with Gasteiger partial charge in [0.1, 0.15) is 40.4 Å². The summed E-state index contributed by atoms with van der Waals surface area (Å²) < 4.78 is 125. The maximum Gasteiger partial charge on any atom is 0.432 e. The van der Waals surface area contributed by atoms with Crippen molar-refractivity contribution in [2.24, 2.45) is 5.92 Å². The van der Waals surface area contributed by atoms with E-state index in [4.69, 9.17) is 14.2 Å². The lowest BCUT2D eigenvalue weighted by molar-refractivity contribution is -0.212. The molecule has 0 N–H and O–H groups in total. The first-order valence-electron chi connectivity index (χ1n) is 14.5. The molecule has 1 saturated heterocycles. The molecular formula is C34H30F7O4P. The third-order valence-corrected chi connectivity index (χ3v) is 7.81. The highest BCUT2D eigenvalue weighted by molar-refractivity contribution is 7.27. The van der Waals surface area contributed by atoms with Gasteiger partial charge in [-0.2, -0.15) is 8.78 Å². The van der Waals surface area contributed by atoms with Gasteiger partial charge in [0, 0.05) is 40.6 Å². The van der Waals surface area contributed by atoms with Crippen LogP contribution in [-0.4, -0.2) is 26.4 Å². The summed E-state index contributed by atoms with van der Waals surface area (Å²) in [6.45, 7) is 3.84. The molecule has 1 heterocycles. The van der Waals surface area contributed by atoms with E-state index in [1.54, 1.807) is 0 Å². The van der Waals surface area contributed by atoms with Crippen molar-refractivity contribution >= 4 is 14.5 Å². The van der Waals surface area contributed by atoms with Gasteiger partial charge < -0.3 is 18.9 Å². The van der Waals surface area contributed by atoms with Crippen LogP contribution in [-0.2, 0) is 20.3 Å². The zero-order valence-electron chi connectivity index (χ0n) is 24.6. The van der Waals surface area contributed by atoms with E-state index in [1.807, 2.05) is 0 Å². The number of hydrogen-bond acceptors (Lipinski definition) is 4. The standard InChI is InChI=1S/C34H30F7O4P/c1-2-3-10-42-16-19-17-43-33(44-18-19)21-4-7-25(27(36)11-21)22-12-29(38)32(30(39)13-22)34(40,41)45-23-6-8-24(28(37)15-23)20-5-9-26(35)31(46)14-20/h4-9,11-15,19,33H,2-3,10,16-18,46H2,1H3. The molecule has 0 aromatic heterocycles. The van der Waals surface area contributed by atoms with Crippen molar-refractivity contribution in [3.05, 3.63) is 107 Å². The Labute approximate surface area is 263 Å². The first kappa shape index (κ1) is 33.9. The lowest BCUT2D eigenvalue weighted by Crippen LogP contribution is -2.30. The Kier molecular flexibility index (Phi) is 10.7. The summed E-state index contributed by atoms with van der Waals surface area (Å²) in [7, 11) is 2.15. The number of halogens is 7. The highest BCUT2D eigenvalue weighted by Crippen LogP contribution is 2.39. The minimum absolute atomic E-state index is 0.0205. The van der Waals surface area contributed by atoms with Crippen molar-refractivity contribution in [1.29, 1.82) is 0 Å². The monoisotopic (exact) mass is 666 g/mol. The second-order valence-electron chi connectivity index (χ2n) is 10.8. The molecule has 1 fully saturated rings. The minimum atomic E-state index is -4.57. The highest BCUT2D eigenvalue weighted by Gasteiger charge is 2.41. The molecule has 0 amide bonds. The maximum absolute atomic E-state index is 15.1. The van der Waals surface area contributed by atoms with E-state index in [-0.39, 0.29) is 33.5 Å². The van der Waals surface area contributed by atoms with E-state index < -0.39 is 52.8 Å². The molecule has 12 heteroatoms. The van der Waals surface area contributed by atoms with Crippen LogP contribution in [0.5, 0.6) is 5.75 Å². The number of benzene rings is 4. The third kappa shape index (κ3) is 7.72. The summed E-state index contributed by atoms with van der Waals surface area (Å²) >= 11 is 0. The van der Waals surface area contributed by atoms with E-state index in [9.17, 15) is 8.78 Å². The van der Waals surface area contributed by atoms with Crippen LogP contribution in [0.4, 0.5) is 30.7 Å². The van der Waals surface area contributed by atoms with Crippen LogP contribution in [0, 0.1) is 35.0 Å². The number of rotatable bonds is 11. The van der Waals surface area contributed by atoms with Crippen LogP contribution in [0.1, 0.15) is 37.2 Å². The number of ether oxygens (including phenoxy) is 4. The summed E-state index contributed by atoms with van der Waals surface area (Å²) in [6.07, 6.45) is -3.46. The molecule has 4 nitrogen and oxygen atoms in total. The van der Waals surface area contributed by atoms with Crippen LogP contribution in [0.3, 0.4) is 0 Å². The van der Waals surface area contributed by atoms with Gasteiger partial charge in [0.2, 0.25) is 0 Å². The fraction of sp³-hybridized carbons (Fsp3) is 0.294. The Morgan fingerprint density at radius 3 is 2.04 bits per heavy atom. The van der Waals surface area contributed by atoms with Gasteiger partial charge in [-0.1, -0.05) is 31.5 Å². The molecule has 4 aromatic rings. The maximum atomic E-state index is 15.1. The number of hydrogen-bond donors (Lipinski definition) is 0. The Morgan fingerprint density at radius 2 is 1.41 bits per heavy atom. The molecule has 0 saturated carbocycles. The Hall–Kier alpha value is -3.50. The molecule has 1 aliphatic rings. The normalized spacial score (nSPS) is 16.9. The Morgan fingerprint density at radius 1 is 0.761 bits per heavy atom. The smallest absolute Gasteiger partial charge is 0.429 e. The molecule has 0 radical (unpaired) electrons. The van der Waals surface area contributed by atoms with Crippen molar-refractivity contribution < 1.29 is 49.7 Å². The SMILES string of the molecule is CCCCOCC1COC(c2ccc(-c3cc(F)c(C(F)(F)Oc4ccc(-c5ccc(F)c(P)c5)c(F)c4)c(F)c3)c(F)c2)OC1. The quantitative estimate of drug-likeness (QED) is 0.0911. The lowest BCUT2D eigenvalue weighted by Gasteiger charge is -2.29. The largest absolute Gasteiger partial charge is 0.432 e. The molecule has 0 spiro atoms. The van der Waals surface area contributed by atoms with Crippen molar-refractivity contribution in [2.75, 3.05) is 26.4 Å². The van der Waals surface area contributed by atoms with Crippen molar-refractivity contribution in [2.45, 2.75) is 32.2 Å². The van der Waals surface area contributed by atoms with Gasteiger partial charge in [-0.05, 0) is 60.0 Å². The predicted molar refractivity (Wildman–Crippen MR) is 161 cm³/mol. The average Bonchev–Trinajstić information content (AvgIpc) is 3.00. The molecule has 0 aliphatic carbocycles. The van der Waals surface area contributed by atoms with Crippen molar-refractivity contribution in [1.82, 2.24) is 0 Å². The van der Waals surface area contributed by atoms with Crippen molar-refractivity contribution in [3.8, 4) is 28.0 Å². The zero-order valence-corrected chi connectivity index (χ0v) is 25.8. The van der Waals surface area contributed by atoms with Crippen LogP contribution >= 0.6 is 9.24 Å². The molecule has 4 aromatic carbocycles. The predicted octanol–water partition coefficient (Wildman–Crippen LogP) is 8.82. The van der Waals surface area contributed by atoms with Gasteiger partial charge in [-0.25, -0.2) is 22.0 Å². The molecule has 5 rings (SSSR count). The molecular weight excluding hydrogens is 636 g/mol. The average molecular weight is 667 g/mol. The summed E-state index contributed by atoms with van der Waals surface area (Å²) in [6, 6.07) is 11.4. The van der Waals surface area contributed by atoms with Gasteiger partial charge in [0.15, 0.2) is 6.29 Å². The van der Waals surface area contributed by atoms with Crippen LogP contribution in [0.25, 0.3) is 22.3 Å². The topological polar surface area (TPSA) is 36.9 Å². The van der Waals surface area contributed by atoms with Gasteiger partial charge >= 0.3 is 6.11 Å². The van der Waals surface area contributed by atoms with Gasteiger partial charge in [-0.15, -0.1) is 9.24 Å². The van der Waals surface area contributed by atoms with E-state index in [0.717, 1.165) is 37.1 Å². The molecule has 1 aliphatic heterocycles. The van der Waals surface area contributed by atoms with E-state index in [1.165, 1.54) is 24.3 Å². The first-order valence-corrected chi connectivity index (χ1v) is 15.1. The van der Waals surface area contributed by atoms with Crippen molar-refractivity contribution in [3.63, 3.8) is 0 Å².